The number of nitrogens with one attached hydrogen (secondary N) is 2. The Morgan fingerprint density at radius 2 is 1.77 bits per heavy atom. The summed E-state index contributed by atoms with van der Waals surface area (Å²) in [4.78, 5) is 11.6. The average Bonchev–Trinajstić information content (AvgIpc) is 3.39. The highest BCUT2D eigenvalue weighted by Gasteiger charge is 2.23. The number of anilines is 2. The number of hydrogen-bond acceptors (Lipinski definition) is 7. The minimum Gasteiger partial charge on any atom is -0.423 e. The first-order chi connectivity index (χ1) is 19.2. The van der Waals surface area contributed by atoms with Gasteiger partial charge in [0.05, 0.1) is 24.8 Å². The number of rotatable bonds is 13. The molecule has 0 radical (unpaired) electrons. The number of ether oxygens (including phenoxy) is 1. The minimum atomic E-state index is 0.0597. The number of halogens is 1. The van der Waals surface area contributed by atoms with Gasteiger partial charge in [0, 0.05) is 48.3 Å². The lowest BCUT2D eigenvalue weighted by atomic mass is 10.1. The molecule has 1 aliphatic rings. The molecule has 1 unspecified atom stereocenters. The fourth-order valence-corrected chi connectivity index (χ4v) is 5.14. The van der Waals surface area contributed by atoms with Crippen LogP contribution in [-0.2, 0) is 11.2 Å². The van der Waals surface area contributed by atoms with Crippen LogP contribution in [0.1, 0.15) is 55.8 Å². The van der Waals surface area contributed by atoms with Crippen molar-refractivity contribution in [3.05, 3.63) is 83.0 Å². The Morgan fingerprint density at radius 1 is 0.974 bits per heavy atom. The minimum absolute atomic E-state index is 0.0597. The Kier molecular flexibility index (Phi) is 9.70. The lowest BCUT2D eigenvalue weighted by molar-refractivity contribution is 0.120. The number of benzene rings is 2. The smallest absolute Gasteiger partial charge is 0.220 e. The van der Waals surface area contributed by atoms with Gasteiger partial charge in [-0.15, -0.1) is 0 Å². The molecule has 0 bridgehead atoms. The topological polar surface area (TPSA) is 75.5 Å². The predicted octanol–water partition coefficient (Wildman–Crippen LogP) is 6.63. The molecule has 7 nitrogen and oxygen atoms in total. The summed E-state index contributed by atoms with van der Waals surface area (Å²) in [5.74, 6) is 1.65. The summed E-state index contributed by atoms with van der Waals surface area (Å²) < 4.78 is 11.9. The number of morpholine rings is 1. The number of hydrogen-bond donors (Lipinski definition) is 2. The van der Waals surface area contributed by atoms with E-state index >= 15 is 0 Å². The van der Waals surface area contributed by atoms with E-state index in [4.69, 9.17) is 25.7 Å². The Morgan fingerprint density at radius 3 is 2.59 bits per heavy atom. The molecule has 0 spiro atoms. The molecule has 2 aromatic carbocycles. The zero-order valence-electron chi connectivity index (χ0n) is 22.7. The highest BCUT2D eigenvalue weighted by Crippen LogP contribution is 2.28. The van der Waals surface area contributed by atoms with Crippen LogP contribution < -0.4 is 15.5 Å². The molecule has 2 N–H and O–H groups in total. The first-order valence-electron chi connectivity index (χ1n) is 14.0. The van der Waals surface area contributed by atoms with Gasteiger partial charge in [-0.1, -0.05) is 54.8 Å². The monoisotopic (exact) mass is 547 g/mol. The van der Waals surface area contributed by atoms with Gasteiger partial charge in [-0.05, 0) is 56.1 Å². The third-order valence-corrected chi connectivity index (χ3v) is 7.39. The molecular formula is C31H38ClN5O2. The van der Waals surface area contributed by atoms with Gasteiger partial charge in [0.2, 0.25) is 11.8 Å². The maximum absolute atomic E-state index is 6.35. The lowest BCUT2D eigenvalue weighted by Crippen LogP contribution is -2.36. The van der Waals surface area contributed by atoms with Crippen molar-refractivity contribution in [1.29, 1.82) is 0 Å². The Hall–Kier alpha value is -3.13. The van der Waals surface area contributed by atoms with E-state index in [1.807, 2.05) is 36.5 Å². The van der Waals surface area contributed by atoms with Gasteiger partial charge in [0.25, 0.3) is 0 Å². The number of aromatic nitrogens is 2. The van der Waals surface area contributed by atoms with Crippen LogP contribution in [0.5, 0.6) is 0 Å². The van der Waals surface area contributed by atoms with Crippen LogP contribution in [0.25, 0.3) is 10.9 Å². The number of unbranched alkanes of at least 4 members (excludes halogenated alkanes) is 3. The maximum atomic E-state index is 6.35. The number of nitrogens with zero attached hydrogens (tertiary/aromatic N) is 3. The van der Waals surface area contributed by atoms with E-state index in [2.05, 4.69) is 51.7 Å². The van der Waals surface area contributed by atoms with E-state index in [1.165, 1.54) is 18.4 Å². The molecule has 4 aromatic rings. The summed E-state index contributed by atoms with van der Waals surface area (Å²) in [5.41, 5.74) is 4.27. The highest BCUT2D eigenvalue weighted by atomic mass is 35.5. The molecule has 39 heavy (non-hydrogen) atoms. The van der Waals surface area contributed by atoms with Crippen molar-refractivity contribution in [2.75, 3.05) is 49.6 Å². The van der Waals surface area contributed by atoms with Crippen molar-refractivity contribution in [2.24, 2.45) is 0 Å². The van der Waals surface area contributed by atoms with E-state index in [9.17, 15) is 0 Å². The van der Waals surface area contributed by atoms with Gasteiger partial charge >= 0.3 is 0 Å². The molecule has 0 amide bonds. The molecule has 1 aliphatic heterocycles. The average molecular weight is 548 g/mol. The fraction of sp³-hybridized carbons (Fsp3) is 0.419. The number of oxazole rings is 1. The molecule has 0 aliphatic carbocycles. The maximum Gasteiger partial charge on any atom is 0.220 e. The summed E-state index contributed by atoms with van der Waals surface area (Å²) in [6.45, 7) is 7.12. The van der Waals surface area contributed by atoms with Crippen LogP contribution in [-0.4, -0.2) is 49.4 Å². The van der Waals surface area contributed by atoms with Gasteiger partial charge in [-0.3, -0.25) is 4.98 Å². The van der Waals surface area contributed by atoms with Crippen LogP contribution in [0.15, 0.2) is 65.2 Å². The van der Waals surface area contributed by atoms with Crippen LogP contribution in [0.4, 0.5) is 11.6 Å². The zero-order valence-corrected chi connectivity index (χ0v) is 23.4. The van der Waals surface area contributed by atoms with Crippen molar-refractivity contribution in [3.8, 4) is 0 Å². The summed E-state index contributed by atoms with van der Waals surface area (Å²) in [6.07, 6.45) is 7.20. The molecule has 0 saturated carbocycles. The second kappa shape index (κ2) is 13.8. The second-order valence-corrected chi connectivity index (χ2v) is 10.5. The normalized spacial score (nSPS) is 14.6. The summed E-state index contributed by atoms with van der Waals surface area (Å²) in [6, 6.07) is 18.4. The first-order valence-corrected chi connectivity index (χ1v) is 14.4. The molecule has 8 heteroatoms. The van der Waals surface area contributed by atoms with E-state index in [0.717, 1.165) is 92.7 Å². The first kappa shape index (κ1) is 27.4. The van der Waals surface area contributed by atoms with Crippen LogP contribution >= 0.6 is 11.6 Å². The van der Waals surface area contributed by atoms with Gasteiger partial charge in [-0.2, -0.15) is 0 Å². The Labute approximate surface area is 235 Å². The van der Waals surface area contributed by atoms with Crippen LogP contribution in [0, 0.1) is 0 Å². The van der Waals surface area contributed by atoms with E-state index < -0.39 is 0 Å². The third kappa shape index (κ3) is 7.50. The van der Waals surface area contributed by atoms with Crippen molar-refractivity contribution >= 4 is 34.1 Å². The largest absolute Gasteiger partial charge is 0.423 e. The van der Waals surface area contributed by atoms with Crippen molar-refractivity contribution in [3.63, 3.8) is 0 Å². The van der Waals surface area contributed by atoms with Crippen molar-refractivity contribution < 1.29 is 9.15 Å². The number of fused-ring (bicyclic) bond motifs is 1. The molecule has 5 rings (SSSR count). The number of pyridine rings is 1. The molecule has 1 saturated heterocycles. The Bertz CT molecular complexity index is 1320. The molecule has 1 fully saturated rings. The second-order valence-electron chi connectivity index (χ2n) is 10.1. The summed E-state index contributed by atoms with van der Waals surface area (Å²) in [7, 11) is 0. The quantitative estimate of drug-likeness (QED) is 0.182. The summed E-state index contributed by atoms with van der Waals surface area (Å²) in [5, 5.41) is 8.99. The summed E-state index contributed by atoms with van der Waals surface area (Å²) >= 11 is 6.10. The van der Waals surface area contributed by atoms with Crippen molar-refractivity contribution in [2.45, 2.75) is 45.1 Å². The standard InChI is InChI=1S/C31H38ClN5O2/c1-23(30-36-29(21-24-9-5-4-6-10-24)31(39-30)37-17-19-38-20-18-37)33-14-7-2-3-8-15-34-27-13-16-35-28-22-25(32)11-12-26(27)28/h4-6,9-13,16,22-23,33H,2-3,7-8,14-15,17-21H2,1H3,(H,34,35). The highest BCUT2D eigenvalue weighted by molar-refractivity contribution is 6.31. The molecular weight excluding hydrogens is 510 g/mol. The molecule has 3 heterocycles. The fourth-order valence-electron chi connectivity index (χ4n) is 4.97. The predicted molar refractivity (Wildman–Crippen MR) is 159 cm³/mol. The van der Waals surface area contributed by atoms with Gasteiger partial charge in [0.1, 0.15) is 5.69 Å². The SMILES string of the molecule is CC(NCCCCCCNc1ccnc2cc(Cl)ccc12)c1nc(Cc2ccccc2)c(N2CCOCC2)o1. The van der Waals surface area contributed by atoms with Gasteiger partial charge < -0.3 is 24.7 Å². The van der Waals surface area contributed by atoms with E-state index in [0.29, 0.717) is 5.02 Å². The lowest BCUT2D eigenvalue weighted by Gasteiger charge is -2.26. The molecule has 2 aromatic heterocycles. The zero-order chi connectivity index (χ0) is 26.9. The van der Waals surface area contributed by atoms with Crippen LogP contribution in [0.3, 0.4) is 0 Å². The molecule has 1 atom stereocenters. The van der Waals surface area contributed by atoms with Gasteiger partial charge in [0.15, 0.2) is 0 Å². The van der Waals surface area contributed by atoms with E-state index in [1.54, 1.807) is 0 Å². The van der Waals surface area contributed by atoms with E-state index in [-0.39, 0.29) is 6.04 Å². The van der Waals surface area contributed by atoms with Crippen molar-refractivity contribution in [1.82, 2.24) is 15.3 Å². The third-order valence-electron chi connectivity index (χ3n) is 7.15. The molecule has 206 valence electrons. The van der Waals surface area contributed by atoms with Crippen LogP contribution in [0.2, 0.25) is 5.02 Å². The van der Waals surface area contributed by atoms with Gasteiger partial charge in [-0.25, -0.2) is 4.98 Å². The Balaban J connectivity index is 1.06.